The second-order valence-electron chi connectivity index (χ2n) is 5.02. The Labute approximate surface area is 143 Å². The molecule has 134 valence electrons. The molecule has 0 atom stereocenters. The molecule has 0 fully saturated rings. The Balaban J connectivity index is 1.94. The van der Waals surface area contributed by atoms with Crippen molar-refractivity contribution in [3.63, 3.8) is 0 Å². The predicted molar refractivity (Wildman–Crippen MR) is 87.8 cm³/mol. The summed E-state index contributed by atoms with van der Waals surface area (Å²) in [5.41, 5.74) is 0.745. The first-order valence-corrected chi connectivity index (χ1v) is 7.43. The molecule has 0 saturated heterocycles. The van der Waals surface area contributed by atoms with Gasteiger partial charge >= 0.3 is 6.03 Å². The molecule has 0 heterocycles. The highest BCUT2D eigenvalue weighted by Gasteiger charge is 2.08. The van der Waals surface area contributed by atoms with Crippen molar-refractivity contribution in [3.8, 4) is 11.5 Å². The topological polar surface area (TPSA) is 79.8 Å². The van der Waals surface area contributed by atoms with E-state index in [4.69, 9.17) is 14.6 Å². The van der Waals surface area contributed by atoms with Gasteiger partial charge in [-0.15, -0.1) is 0 Å². The fourth-order valence-corrected chi connectivity index (χ4v) is 2.08. The van der Waals surface area contributed by atoms with Crippen molar-refractivity contribution < 1.29 is 28.2 Å². The molecule has 0 radical (unpaired) electrons. The second kappa shape index (κ2) is 8.84. The number of amides is 2. The lowest BCUT2D eigenvalue weighted by molar-refractivity contribution is 0.196. The molecule has 0 bridgehead atoms. The second-order valence-corrected chi connectivity index (χ2v) is 5.02. The number of rotatable bonds is 7. The third kappa shape index (κ3) is 5.61. The van der Waals surface area contributed by atoms with Gasteiger partial charge in [-0.3, -0.25) is 0 Å². The van der Waals surface area contributed by atoms with E-state index in [1.54, 1.807) is 18.2 Å². The van der Waals surface area contributed by atoms with Crippen LogP contribution in [0.15, 0.2) is 36.4 Å². The van der Waals surface area contributed by atoms with E-state index in [2.05, 4.69) is 10.6 Å². The zero-order valence-corrected chi connectivity index (χ0v) is 13.5. The van der Waals surface area contributed by atoms with Crippen LogP contribution in [-0.2, 0) is 6.54 Å². The summed E-state index contributed by atoms with van der Waals surface area (Å²) < 4.78 is 36.7. The maximum atomic E-state index is 13.1. The molecule has 0 aromatic heterocycles. The van der Waals surface area contributed by atoms with E-state index in [-0.39, 0.29) is 25.4 Å². The van der Waals surface area contributed by atoms with E-state index in [1.165, 1.54) is 7.11 Å². The summed E-state index contributed by atoms with van der Waals surface area (Å²) in [6, 6.07) is 7.19. The molecular weight excluding hydrogens is 334 g/mol. The van der Waals surface area contributed by atoms with Crippen LogP contribution in [0.2, 0.25) is 0 Å². The number of anilines is 1. The molecule has 3 N–H and O–H groups in total. The van der Waals surface area contributed by atoms with Gasteiger partial charge < -0.3 is 25.2 Å². The van der Waals surface area contributed by atoms with Gasteiger partial charge in [-0.2, -0.15) is 0 Å². The van der Waals surface area contributed by atoms with Crippen LogP contribution in [0.4, 0.5) is 19.3 Å². The van der Waals surface area contributed by atoms with Crippen LogP contribution in [-0.4, -0.2) is 31.5 Å². The Morgan fingerprint density at radius 2 is 1.84 bits per heavy atom. The SMILES string of the molecule is COc1cc(CNC(=O)Nc2cc(F)cc(F)c2)ccc1OCCO. The molecule has 2 rings (SSSR count). The number of ether oxygens (including phenoxy) is 2. The molecule has 0 spiro atoms. The third-order valence-corrected chi connectivity index (χ3v) is 3.15. The Morgan fingerprint density at radius 3 is 2.48 bits per heavy atom. The summed E-state index contributed by atoms with van der Waals surface area (Å²) in [5, 5.41) is 13.7. The molecule has 0 aliphatic heterocycles. The average molecular weight is 352 g/mol. The number of carbonyl (C=O) groups excluding carboxylic acids is 1. The molecule has 8 heteroatoms. The summed E-state index contributed by atoms with van der Waals surface area (Å²) in [6.07, 6.45) is 0. The van der Waals surface area contributed by atoms with Crippen molar-refractivity contribution >= 4 is 11.7 Å². The number of hydrogen-bond acceptors (Lipinski definition) is 4. The number of methoxy groups -OCH3 is 1. The van der Waals surface area contributed by atoms with Crippen molar-refractivity contribution in [2.75, 3.05) is 25.6 Å². The van der Waals surface area contributed by atoms with Gasteiger partial charge in [0.05, 0.1) is 13.7 Å². The monoisotopic (exact) mass is 352 g/mol. The largest absolute Gasteiger partial charge is 0.493 e. The zero-order valence-electron chi connectivity index (χ0n) is 13.5. The van der Waals surface area contributed by atoms with Crippen LogP contribution < -0.4 is 20.1 Å². The zero-order chi connectivity index (χ0) is 18.2. The van der Waals surface area contributed by atoms with Crippen LogP contribution in [0.1, 0.15) is 5.56 Å². The first kappa shape index (κ1) is 18.5. The van der Waals surface area contributed by atoms with Crippen LogP contribution in [0.5, 0.6) is 11.5 Å². The Morgan fingerprint density at radius 1 is 1.12 bits per heavy atom. The minimum absolute atomic E-state index is 0.0142. The molecule has 0 unspecified atom stereocenters. The van der Waals surface area contributed by atoms with Gasteiger partial charge in [-0.1, -0.05) is 6.07 Å². The fraction of sp³-hybridized carbons (Fsp3) is 0.235. The quantitative estimate of drug-likeness (QED) is 0.716. The number of aliphatic hydroxyl groups is 1. The van der Waals surface area contributed by atoms with Crippen molar-refractivity contribution in [1.82, 2.24) is 5.32 Å². The van der Waals surface area contributed by atoms with E-state index in [1.807, 2.05) is 0 Å². The van der Waals surface area contributed by atoms with Gasteiger partial charge in [0, 0.05) is 18.3 Å². The summed E-state index contributed by atoms with van der Waals surface area (Å²) in [5.74, 6) is -0.627. The molecule has 0 saturated carbocycles. The number of benzene rings is 2. The summed E-state index contributed by atoms with van der Waals surface area (Å²) in [7, 11) is 1.48. The number of aliphatic hydroxyl groups excluding tert-OH is 1. The lowest BCUT2D eigenvalue weighted by Crippen LogP contribution is -2.28. The van der Waals surface area contributed by atoms with Gasteiger partial charge in [-0.05, 0) is 29.8 Å². The van der Waals surface area contributed by atoms with E-state index in [0.717, 1.165) is 23.8 Å². The molecular formula is C17H18F2N2O4. The van der Waals surface area contributed by atoms with Crippen LogP contribution in [0, 0.1) is 11.6 Å². The van der Waals surface area contributed by atoms with Crippen molar-refractivity contribution in [3.05, 3.63) is 53.6 Å². The number of urea groups is 1. The standard InChI is InChI=1S/C17H18F2N2O4/c1-24-16-6-11(2-3-15(16)25-5-4-22)10-20-17(23)21-14-8-12(18)7-13(19)9-14/h2-3,6-9,22H,4-5,10H2,1H3,(H2,20,21,23). The smallest absolute Gasteiger partial charge is 0.319 e. The van der Waals surface area contributed by atoms with Gasteiger partial charge in [0.15, 0.2) is 11.5 Å². The molecule has 2 aromatic rings. The Hall–Kier alpha value is -2.87. The van der Waals surface area contributed by atoms with Gasteiger partial charge in [0.25, 0.3) is 0 Å². The number of nitrogens with one attached hydrogen (secondary N) is 2. The van der Waals surface area contributed by atoms with E-state index < -0.39 is 17.7 Å². The van der Waals surface area contributed by atoms with Crippen molar-refractivity contribution in [2.24, 2.45) is 0 Å². The average Bonchev–Trinajstić information content (AvgIpc) is 2.57. The van der Waals surface area contributed by atoms with Crippen molar-refractivity contribution in [1.29, 1.82) is 0 Å². The number of halogens is 2. The summed E-state index contributed by atoms with van der Waals surface area (Å²) >= 11 is 0. The Bertz CT molecular complexity index is 720. The highest BCUT2D eigenvalue weighted by Crippen LogP contribution is 2.28. The maximum absolute atomic E-state index is 13.1. The van der Waals surface area contributed by atoms with Gasteiger partial charge in [-0.25, -0.2) is 13.6 Å². The molecule has 0 aliphatic rings. The normalized spacial score (nSPS) is 10.2. The van der Waals surface area contributed by atoms with E-state index in [9.17, 15) is 13.6 Å². The fourth-order valence-electron chi connectivity index (χ4n) is 2.08. The van der Waals surface area contributed by atoms with Crippen LogP contribution in [0.3, 0.4) is 0 Å². The molecule has 25 heavy (non-hydrogen) atoms. The first-order valence-electron chi connectivity index (χ1n) is 7.43. The molecule has 2 amide bonds. The predicted octanol–water partition coefficient (Wildman–Crippen LogP) is 2.67. The number of carbonyl (C=O) groups is 1. The number of hydrogen-bond donors (Lipinski definition) is 3. The lowest BCUT2D eigenvalue weighted by atomic mass is 10.2. The third-order valence-electron chi connectivity index (χ3n) is 3.15. The van der Waals surface area contributed by atoms with Crippen molar-refractivity contribution in [2.45, 2.75) is 6.54 Å². The molecule has 0 aliphatic carbocycles. The van der Waals surface area contributed by atoms with Gasteiger partial charge in [0.1, 0.15) is 18.2 Å². The van der Waals surface area contributed by atoms with E-state index in [0.29, 0.717) is 11.5 Å². The first-order chi connectivity index (χ1) is 12.0. The summed E-state index contributed by atoms with van der Waals surface area (Å²) in [4.78, 5) is 11.8. The highest BCUT2D eigenvalue weighted by atomic mass is 19.1. The van der Waals surface area contributed by atoms with Gasteiger partial charge in [0.2, 0.25) is 0 Å². The summed E-state index contributed by atoms with van der Waals surface area (Å²) in [6.45, 7) is 0.189. The molecule has 6 nitrogen and oxygen atoms in total. The van der Waals surface area contributed by atoms with Crippen LogP contribution >= 0.6 is 0 Å². The van der Waals surface area contributed by atoms with Crippen LogP contribution in [0.25, 0.3) is 0 Å². The maximum Gasteiger partial charge on any atom is 0.319 e. The van der Waals surface area contributed by atoms with E-state index >= 15 is 0 Å². The lowest BCUT2D eigenvalue weighted by Gasteiger charge is -2.12. The minimum atomic E-state index is -0.779. The highest BCUT2D eigenvalue weighted by molar-refractivity contribution is 5.89. The minimum Gasteiger partial charge on any atom is -0.493 e. The Kier molecular flexibility index (Phi) is 6.53. The molecule has 2 aromatic carbocycles.